The molecule has 2 N–H and O–H groups in total. The number of anilines is 2. The molecule has 2 aliphatic heterocycles. The number of hydrogen-bond acceptors (Lipinski definition) is 10. The van der Waals surface area contributed by atoms with E-state index >= 15 is 0 Å². The number of allylic oxidation sites excluding steroid dienone is 2. The summed E-state index contributed by atoms with van der Waals surface area (Å²) in [5.41, 5.74) is 2.86. The molecule has 2 saturated heterocycles. The van der Waals surface area contributed by atoms with Gasteiger partial charge in [0, 0.05) is 30.7 Å². The van der Waals surface area contributed by atoms with Crippen molar-refractivity contribution in [3.63, 3.8) is 0 Å². The predicted molar refractivity (Wildman–Crippen MR) is 232 cm³/mol. The Kier molecular flexibility index (Phi) is 17.8. The van der Waals surface area contributed by atoms with E-state index in [2.05, 4.69) is 52.8 Å². The molecular weight excluding hydrogens is 811 g/mol. The number of hydrogen-bond donors (Lipinski definition) is 2. The first-order valence-electron chi connectivity index (χ1n) is 18.8. The van der Waals surface area contributed by atoms with Crippen LogP contribution in [-0.2, 0) is 28.1 Å². The van der Waals surface area contributed by atoms with Gasteiger partial charge in [0.15, 0.2) is 0 Å². The maximum atomic E-state index is 12.6. The minimum absolute atomic E-state index is 0. The quantitative estimate of drug-likeness (QED) is 0.115. The van der Waals surface area contributed by atoms with E-state index in [0.29, 0.717) is 69.7 Å². The van der Waals surface area contributed by atoms with Crippen LogP contribution in [0.15, 0.2) is 86.2 Å². The van der Waals surface area contributed by atoms with Crippen LogP contribution in [0.4, 0.5) is 21.0 Å². The summed E-state index contributed by atoms with van der Waals surface area (Å²) in [5, 5.41) is 23.7. The summed E-state index contributed by atoms with van der Waals surface area (Å²) in [6.45, 7) is 24.0. The van der Waals surface area contributed by atoms with Gasteiger partial charge in [0.25, 0.3) is 11.8 Å². The number of carbonyl (C=O) groups excluding carboxylic acids is 4. The Morgan fingerprint density at radius 3 is 1.30 bits per heavy atom. The number of carbonyl (C=O) groups is 4. The molecule has 0 unspecified atom stereocenters. The van der Waals surface area contributed by atoms with Crippen molar-refractivity contribution < 1.29 is 47.2 Å². The summed E-state index contributed by atoms with van der Waals surface area (Å²) in [5.74, 6) is 0.983. The summed E-state index contributed by atoms with van der Waals surface area (Å²) in [6, 6.07) is 19.8. The van der Waals surface area contributed by atoms with E-state index in [1.165, 1.54) is 12.4 Å². The van der Waals surface area contributed by atoms with Crippen molar-refractivity contribution in [2.75, 3.05) is 9.80 Å². The number of nitrogens with zero attached hydrogens (tertiary/aromatic N) is 6. The number of pyridine rings is 2. The van der Waals surface area contributed by atoms with Crippen LogP contribution >= 0.6 is 0 Å². The summed E-state index contributed by atoms with van der Waals surface area (Å²) >= 11 is 0. The van der Waals surface area contributed by atoms with E-state index in [0.717, 1.165) is 27.4 Å². The number of ether oxygens (including phenoxy) is 2. The second-order valence-corrected chi connectivity index (χ2v) is 14.1. The molecule has 0 spiro atoms. The first kappa shape index (κ1) is 50.4. The van der Waals surface area contributed by atoms with Crippen LogP contribution < -0.4 is 29.9 Å². The largest absolute Gasteiger partial charge is 0.439 e. The van der Waals surface area contributed by atoms with Crippen LogP contribution in [0.25, 0.3) is 11.1 Å². The number of amides is 6. The second-order valence-electron chi connectivity index (χ2n) is 14.1. The molecule has 0 saturated carbocycles. The zero-order valence-electron chi connectivity index (χ0n) is 34.8. The van der Waals surface area contributed by atoms with Crippen LogP contribution in [0.1, 0.15) is 97.4 Å². The van der Waals surface area contributed by atoms with E-state index in [9.17, 15) is 29.7 Å². The van der Waals surface area contributed by atoms with Crippen molar-refractivity contribution in [1.29, 1.82) is 10.5 Å². The number of aromatic nitrogens is 2. The van der Waals surface area contributed by atoms with Crippen molar-refractivity contribution >= 4 is 46.4 Å². The molecule has 2 fully saturated rings. The van der Waals surface area contributed by atoms with E-state index < -0.39 is 23.1 Å². The summed E-state index contributed by atoms with van der Waals surface area (Å²) in [4.78, 5) is 60.1. The van der Waals surface area contributed by atoms with Crippen molar-refractivity contribution in [1.82, 2.24) is 20.6 Å². The minimum Gasteiger partial charge on any atom is -0.439 e. The summed E-state index contributed by atoms with van der Waals surface area (Å²) < 4.78 is 11.5. The summed E-state index contributed by atoms with van der Waals surface area (Å²) in [7, 11) is 0. The average molecular weight is 863 g/mol. The van der Waals surface area contributed by atoms with E-state index in [1.807, 2.05) is 34.6 Å². The third-order valence-electron chi connectivity index (χ3n) is 9.48. The second kappa shape index (κ2) is 21.5. The minimum atomic E-state index is -0.909. The first-order chi connectivity index (χ1) is 28.0. The SMILES string of the molecule is C.C=C(C)c1cc(Oc2ccc(N3C(=O)N[C@](C)(CC)C3=O)cn2)ccc1C#N.C=C(C)c1cc(Oc2ccc(N3C(=O)N[C@](C)(CC)C3=O)cn2)ccc1C#N.[CH2-]CC.[V]. The fourth-order valence-electron chi connectivity index (χ4n) is 5.76. The van der Waals surface area contributed by atoms with Crippen molar-refractivity contribution in [3.05, 3.63) is 115 Å². The first-order valence-corrected chi connectivity index (χ1v) is 18.8. The third-order valence-corrected chi connectivity index (χ3v) is 9.48. The van der Waals surface area contributed by atoms with Crippen LogP contribution in [0.3, 0.4) is 0 Å². The Morgan fingerprint density at radius 1 is 0.705 bits per heavy atom. The van der Waals surface area contributed by atoms with Crippen LogP contribution in [0, 0.1) is 29.6 Å². The number of rotatable bonds is 10. The topological polar surface area (TPSA) is 191 Å². The van der Waals surface area contributed by atoms with Gasteiger partial charge in [-0.25, -0.2) is 29.4 Å². The molecule has 6 amide bonds. The average Bonchev–Trinajstić information content (AvgIpc) is 3.60. The van der Waals surface area contributed by atoms with Gasteiger partial charge in [-0.3, -0.25) is 9.59 Å². The molecule has 4 aromatic rings. The van der Waals surface area contributed by atoms with Crippen LogP contribution in [0.5, 0.6) is 23.3 Å². The van der Waals surface area contributed by atoms with Gasteiger partial charge >= 0.3 is 12.1 Å². The normalized spacial score (nSPS) is 17.3. The molecule has 61 heavy (non-hydrogen) atoms. The molecule has 0 aliphatic carbocycles. The van der Waals surface area contributed by atoms with Gasteiger partial charge in [-0.1, -0.05) is 41.4 Å². The zero-order chi connectivity index (χ0) is 43.7. The van der Waals surface area contributed by atoms with Gasteiger partial charge in [-0.05, 0) is 111 Å². The standard InChI is InChI=1S/2C21H20N4O3.C3H7.CH4.V/c2*1-5-21(4)19(26)25(20(27)24-21)15-7-9-18(23-12-15)28-16-8-6-14(11-22)17(10-16)13(2)3;1-3-2;;/h2*6-10,12H,2,5H2,1,3-4H3,(H,24,27);1,3H2,2H3;1H4;/q;;-1;;/t2*21-;;;/m11.../s1. The molecule has 14 nitrogen and oxygen atoms in total. The molecule has 2 aromatic heterocycles. The number of nitrogens with one attached hydrogen (secondary N) is 2. The molecule has 2 atom stereocenters. The third kappa shape index (κ3) is 11.3. The Labute approximate surface area is 370 Å². The molecule has 0 bridgehead atoms. The zero-order valence-corrected chi connectivity index (χ0v) is 36.1. The van der Waals surface area contributed by atoms with Crippen molar-refractivity contribution in [3.8, 4) is 35.4 Å². The molecule has 2 aliphatic rings. The maximum Gasteiger partial charge on any atom is 0.329 e. The van der Waals surface area contributed by atoms with Gasteiger partial charge < -0.3 is 27.0 Å². The van der Waals surface area contributed by atoms with Gasteiger partial charge in [-0.2, -0.15) is 16.9 Å². The fourth-order valence-corrected chi connectivity index (χ4v) is 5.76. The van der Waals surface area contributed by atoms with Crippen LogP contribution in [-0.4, -0.2) is 44.9 Å². The van der Waals surface area contributed by atoms with Gasteiger partial charge in [0.1, 0.15) is 22.6 Å². The van der Waals surface area contributed by atoms with Crippen LogP contribution in [0.2, 0.25) is 0 Å². The Bertz CT molecular complexity index is 2210. The number of imide groups is 2. The number of benzene rings is 2. The molecule has 1 radical (unpaired) electrons. The van der Waals surface area contributed by atoms with E-state index in [4.69, 9.17) is 9.47 Å². The van der Waals surface area contributed by atoms with Crippen molar-refractivity contribution in [2.24, 2.45) is 0 Å². The Morgan fingerprint density at radius 2 is 1.05 bits per heavy atom. The van der Waals surface area contributed by atoms with Gasteiger partial charge in [0.2, 0.25) is 11.8 Å². The maximum absolute atomic E-state index is 12.6. The molecule has 2 aromatic carbocycles. The number of nitriles is 2. The molecule has 317 valence electrons. The smallest absolute Gasteiger partial charge is 0.329 e. The molecule has 4 heterocycles. The molecular formula is C46H51N8O6V-. The van der Waals surface area contributed by atoms with E-state index in [-0.39, 0.29) is 37.8 Å². The Hall–Kier alpha value is -6.74. The predicted octanol–water partition coefficient (Wildman–Crippen LogP) is 9.87. The molecule has 6 rings (SSSR count). The Balaban J connectivity index is 0.000000383. The fraction of sp³-hybridized carbons (Fsp3) is 0.283. The van der Waals surface area contributed by atoms with Gasteiger partial charge in [0.05, 0.1) is 47.0 Å². The van der Waals surface area contributed by atoms with E-state index in [1.54, 1.807) is 74.5 Å². The monoisotopic (exact) mass is 862 g/mol. The number of urea groups is 2. The summed E-state index contributed by atoms with van der Waals surface area (Å²) in [6.07, 6.45) is 4.81. The van der Waals surface area contributed by atoms with Crippen molar-refractivity contribution in [2.45, 2.75) is 86.2 Å². The molecule has 15 heteroatoms. The van der Waals surface area contributed by atoms with Gasteiger partial charge in [-0.15, -0.1) is 0 Å².